The lowest BCUT2D eigenvalue weighted by atomic mass is 9.91. The van der Waals surface area contributed by atoms with E-state index in [-0.39, 0.29) is 0 Å². The van der Waals surface area contributed by atoms with Crippen molar-refractivity contribution in [2.75, 3.05) is 5.75 Å². The van der Waals surface area contributed by atoms with Gasteiger partial charge in [-0.05, 0) is 47.1 Å². The predicted molar refractivity (Wildman–Crippen MR) is 56.5 cm³/mol. The second-order valence-electron chi connectivity index (χ2n) is 3.62. The standard InChI is InChI=1S/C11H11NS/c1-2-8-7-11-9(3-5-13-11)6-10(8)12-4-1/h1-2,4,7,9H,3,5-6H2. The summed E-state index contributed by atoms with van der Waals surface area (Å²) in [6.07, 6.45) is 6.73. The van der Waals surface area contributed by atoms with Crippen LogP contribution in [0.5, 0.6) is 0 Å². The molecule has 0 bridgehead atoms. The Labute approximate surface area is 82.3 Å². The average Bonchev–Trinajstić information content (AvgIpc) is 2.61. The average molecular weight is 189 g/mol. The highest BCUT2D eigenvalue weighted by molar-refractivity contribution is 8.03. The van der Waals surface area contributed by atoms with Gasteiger partial charge >= 0.3 is 0 Å². The van der Waals surface area contributed by atoms with Crippen molar-refractivity contribution in [2.24, 2.45) is 5.92 Å². The summed E-state index contributed by atoms with van der Waals surface area (Å²) in [6.45, 7) is 0. The predicted octanol–water partition coefficient (Wildman–Crippen LogP) is 2.73. The van der Waals surface area contributed by atoms with Gasteiger partial charge in [0.25, 0.3) is 0 Å². The van der Waals surface area contributed by atoms with Gasteiger partial charge in [-0.1, -0.05) is 6.07 Å². The van der Waals surface area contributed by atoms with Gasteiger partial charge in [-0.25, -0.2) is 0 Å². The van der Waals surface area contributed by atoms with Gasteiger partial charge in [0.15, 0.2) is 0 Å². The van der Waals surface area contributed by atoms with Crippen LogP contribution in [-0.4, -0.2) is 10.7 Å². The van der Waals surface area contributed by atoms with Gasteiger partial charge in [0.1, 0.15) is 0 Å². The van der Waals surface area contributed by atoms with Crippen molar-refractivity contribution in [3.63, 3.8) is 0 Å². The maximum atomic E-state index is 4.43. The molecule has 0 N–H and O–H groups in total. The molecule has 0 amide bonds. The zero-order chi connectivity index (χ0) is 8.67. The first-order valence-electron chi connectivity index (χ1n) is 4.72. The lowest BCUT2D eigenvalue weighted by Gasteiger charge is -2.17. The minimum absolute atomic E-state index is 0.785. The molecule has 0 aromatic carbocycles. The van der Waals surface area contributed by atoms with Gasteiger partial charge in [-0.2, -0.15) is 0 Å². The molecule has 2 heteroatoms. The molecule has 1 nitrogen and oxygen atoms in total. The Balaban J connectivity index is 2.10. The van der Waals surface area contributed by atoms with Gasteiger partial charge in [0.2, 0.25) is 0 Å². The number of hydrogen-bond acceptors (Lipinski definition) is 2. The summed E-state index contributed by atoms with van der Waals surface area (Å²) < 4.78 is 0. The molecule has 1 aromatic heterocycles. The fourth-order valence-electron chi connectivity index (χ4n) is 2.08. The Morgan fingerprint density at radius 1 is 1.46 bits per heavy atom. The lowest BCUT2D eigenvalue weighted by Crippen LogP contribution is -2.09. The van der Waals surface area contributed by atoms with Gasteiger partial charge in [-0.3, -0.25) is 4.98 Å². The van der Waals surface area contributed by atoms with E-state index in [9.17, 15) is 0 Å². The number of nitrogens with zero attached hydrogens (tertiary/aromatic N) is 1. The molecule has 1 saturated heterocycles. The van der Waals surface area contributed by atoms with Crippen LogP contribution in [0, 0.1) is 5.92 Å². The highest BCUT2D eigenvalue weighted by Crippen LogP contribution is 2.42. The SMILES string of the molecule is C1=C2SCCC2Cc2ncccc21. The molecule has 1 aliphatic carbocycles. The second kappa shape index (κ2) is 2.88. The maximum Gasteiger partial charge on any atom is 0.0482 e. The fourth-order valence-corrected chi connectivity index (χ4v) is 3.37. The summed E-state index contributed by atoms with van der Waals surface area (Å²) in [4.78, 5) is 6.01. The van der Waals surface area contributed by atoms with Crippen molar-refractivity contribution in [2.45, 2.75) is 12.8 Å². The molecule has 13 heavy (non-hydrogen) atoms. The largest absolute Gasteiger partial charge is 0.261 e. The van der Waals surface area contributed by atoms with Crippen LogP contribution in [0.4, 0.5) is 0 Å². The van der Waals surface area contributed by atoms with E-state index in [1.54, 1.807) is 4.91 Å². The van der Waals surface area contributed by atoms with E-state index < -0.39 is 0 Å². The Kier molecular flexibility index (Phi) is 1.69. The van der Waals surface area contributed by atoms with Gasteiger partial charge in [-0.15, -0.1) is 11.8 Å². The van der Waals surface area contributed by atoms with Crippen LogP contribution in [0.1, 0.15) is 17.7 Å². The summed E-state index contributed by atoms with van der Waals surface area (Å²) >= 11 is 2.02. The first-order chi connectivity index (χ1) is 6.43. The molecular formula is C11H11NS. The number of fused-ring (bicyclic) bond motifs is 2. The van der Waals surface area contributed by atoms with E-state index in [0.717, 1.165) is 12.3 Å². The molecule has 1 fully saturated rings. The zero-order valence-electron chi connectivity index (χ0n) is 7.36. The van der Waals surface area contributed by atoms with Gasteiger partial charge in [0.05, 0.1) is 0 Å². The van der Waals surface area contributed by atoms with E-state index in [0.29, 0.717) is 0 Å². The van der Waals surface area contributed by atoms with Crippen molar-refractivity contribution in [1.82, 2.24) is 4.98 Å². The quantitative estimate of drug-likeness (QED) is 0.622. The normalized spacial score (nSPS) is 24.9. The van der Waals surface area contributed by atoms with Crippen LogP contribution < -0.4 is 0 Å². The summed E-state index contributed by atoms with van der Waals surface area (Å²) in [6, 6.07) is 4.19. The molecule has 0 saturated carbocycles. The van der Waals surface area contributed by atoms with E-state index in [1.165, 1.54) is 23.4 Å². The lowest BCUT2D eigenvalue weighted by molar-refractivity contribution is 0.622. The molecule has 1 aliphatic heterocycles. The molecule has 1 aromatic rings. The minimum Gasteiger partial charge on any atom is -0.261 e. The van der Waals surface area contributed by atoms with Crippen LogP contribution in [0.15, 0.2) is 23.2 Å². The van der Waals surface area contributed by atoms with Crippen LogP contribution >= 0.6 is 11.8 Å². The fraction of sp³-hybridized carbons (Fsp3) is 0.364. The zero-order valence-corrected chi connectivity index (χ0v) is 8.18. The Morgan fingerprint density at radius 3 is 3.46 bits per heavy atom. The van der Waals surface area contributed by atoms with Crippen molar-refractivity contribution in [3.8, 4) is 0 Å². The highest BCUT2D eigenvalue weighted by atomic mass is 32.2. The smallest absolute Gasteiger partial charge is 0.0482 e. The summed E-state index contributed by atoms with van der Waals surface area (Å²) in [7, 11) is 0. The minimum atomic E-state index is 0.785. The summed E-state index contributed by atoms with van der Waals surface area (Å²) in [5.74, 6) is 2.08. The third-order valence-corrected chi connectivity index (χ3v) is 4.02. The van der Waals surface area contributed by atoms with Crippen molar-refractivity contribution in [3.05, 3.63) is 34.5 Å². The number of rotatable bonds is 0. The third-order valence-electron chi connectivity index (χ3n) is 2.80. The van der Waals surface area contributed by atoms with Crippen LogP contribution in [0.2, 0.25) is 0 Å². The van der Waals surface area contributed by atoms with Gasteiger partial charge < -0.3 is 0 Å². The van der Waals surface area contributed by atoms with Crippen LogP contribution in [-0.2, 0) is 6.42 Å². The van der Waals surface area contributed by atoms with E-state index in [4.69, 9.17) is 0 Å². The van der Waals surface area contributed by atoms with Crippen molar-refractivity contribution in [1.29, 1.82) is 0 Å². The number of aromatic nitrogens is 1. The van der Waals surface area contributed by atoms with Crippen molar-refractivity contribution < 1.29 is 0 Å². The monoisotopic (exact) mass is 189 g/mol. The van der Waals surface area contributed by atoms with Crippen LogP contribution in [0.25, 0.3) is 6.08 Å². The Hall–Kier alpha value is -0.760. The molecule has 1 unspecified atom stereocenters. The molecule has 3 rings (SSSR count). The molecular weight excluding hydrogens is 178 g/mol. The first kappa shape index (κ1) is 7.63. The summed E-state index contributed by atoms with van der Waals surface area (Å²) in [5.41, 5.74) is 2.63. The number of thioether (sulfide) groups is 1. The maximum absolute atomic E-state index is 4.43. The molecule has 66 valence electrons. The van der Waals surface area contributed by atoms with E-state index in [1.807, 2.05) is 24.0 Å². The van der Waals surface area contributed by atoms with Crippen molar-refractivity contribution >= 4 is 17.8 Å². The number of hydrogen-bond donors (Lipinski definition) is 0. The van der Waals surface area contributed by atoms with E-state index >= 15 is 0 Å². The second-order valence-corrected chi connectivity index (χ2v) is 4.79. The summed E-state index contributed by atoms with van der Waals surface area (Å²) in [5, 5.41) is 0. The molecule has 2 aliphatic rings. The Morgan fingerprint density at radius 2 is 2.46 bits per heavy atom. The molecule has 1 atom stereocenters. The third kappa shape index (κ3) is 1.20. The molecule has 2 heterocycles. The first-order valence-corrected chi connectivity index (χ1v) is 5.70. The Bertz CT molecular complexity index is 370. The van der Waals surface area contributed by atoms with E-state index in [2.05, 4.69) is 17.1 Å². The number of allylic oxidation sites excluding steroid dienone is 1. The highest BCUT2D eigenvalue weighted by Gasteiger charge is 2.26. The topological polar surface area (TPSA) is 12.9 Å². The number of pyridine rings is 1. The van der Waals surface area contributed by atoms with Gasteiger partial charge in [0, 0.05) is 11.9 Å². The molecule has 0 spiro atoms. The van der Waals surface area contributed by atoms with Crippen LogP contribution in [0.3, 0.4) is 0 Å². The molecule has 0 radical (unpaired) electrons.